The van der Waals surface area contributed by atoms with Crippen LogP contribution in [0.4, 0.5) is 5.69 Å². The van der Waals surface area contributed by atoms with Gasteiger partial charge < -0.3 is 5.32 Å². The minimum atomic E-state index is 0.204. The van der Waals surface area contributed by atoms with Gasteiger partial charge in [0.05, 0.1) is 17.2 Å². The Morgan fingerprint density at radius 2 is 2.22 bits per heavy atom. The number of nitrogens with one attached hydrogen (secondary N) is 1. The molecule has 3 aromatic rings. The molecule has 2 heterocycles. The number of hydrogen-bond donors (Lipinski definition) is 1. The minimum absolute atomic E-state index is 0.204. The van der Waals surface area contributed by atoms with Gasteiger partial charge in [-0.2, -0.15) is 0 Å². The van der Waals surface area contributed by atoms with Crippen LogP contribution in [0, 0.1) is 0 Å². The van der Waals surface area contributed by atoms with Gasteiger partial charge >= 0.3 is 0 Å². The SMILES string of the molecule is CC(Nc1cccc2cnccc12)c1cscn1. The molecule has 0 spiro atoms. The van der Waals surface area contributed by atoms with Crippen molar-refractivity contribution < 1.29 is 0 Å². The molecule has 0 amide bonds. The van der Waals surface area contributed by atoms with Crippen molar-refractivity contribution in [3.63, 3.8) is 0 Å². The summed E-state index contributed by atoms with van der Waals surface area (Å²) in [6.45, 7) is 2.12. The normalized spacial score (nSPS) is 12.5. The number of fused-ring (bicyclic) bond motifs is 1. The van der Waals surface area contributed by atoms with Crippen LogP contribution in [0.1, 0.15) is 18.7 Å². The van der Waals surface area contributed by atoms with Crippen molar-refractivity contribution in [2.24, 2.45) is 0 Å². The molecular weight excluding hydrogens is 242 g/mol. The van der Waals surface area contributed by atoms with E-state index in [0.717, 1.165) is 16.8 Å². The topological polar surface area (TPSA) is 37.8 Å². The Morgan fingerprint density at radius 3 is 3.06 bits per heavy atom. The van der Waals surface area contributed by atoms with Crippen molar-refractivity contribution in [1.29, 1.82) is 0 Å². The second-order valence-corrected chi connectivity index (χ2v) is 4.90. The molecule has 0 saturated heterocycles. The Labute approximate surface area is 110 Å². The first kappa shape index (κ1) is 11.2. The zero-order valence-electron chi connectivity index (χ0n) is 10.00. The van der Waals surface area contributed by atoms with Crippen molar-refractivity contribution in [3.05, 3.63) is 53.2 Å². The summed E-state index contributed by atoms with van der Waals surface area (Å²) in [7, 11) is 0. The van der Waals surface area contributed by atoms with E-state index in [0.29, 0.717) is 0 Å². The van der Waals surface area contributed by atoms with E-state index >= 15 is 0 Å². The number of anilines is 1. The minimum Gasteiger partial charge on any atom is -0.376 e. The smallest absolute Gasteiger partial charge is 0.0795 e. The fourth-order valence-corrected chi connectivity index (χ4v) is 2.64. The third-order valence-electron chi connectivity index (χ3n) is 2.95. The van der Waals surface area contributed by atoms with Gasteiger partial charge in [-0.3, -0.25) is 4.98 Å². The first-order valence-corrected chi connectivity index (χ1v) is 6.76. The molecule has 1 unspecified atom stereocenters. The van der Waals surface area contributed by atoms with E-state index in [9.17, 15) is 0 Å². The van der Waals surface area contributed by atoms with Gasteiger partial charge in [-0.1, -0.05) is 12.1 Å². The molecule has 0 aliphatic carbocycles. The molecule has 1 N–H and O–H groups in total. The highest BCUT2D eigenvalue weighted by Crippen LogP contribution is 2.26. The number of aromatic nitrogens is 2. The van der Waals surface area contributed by atoms with Crippen LogP contribution in [0.25, 0.3) is 10.8 Å². The molecule has 3 nitrogen and oxygen atoms in total. The van der Waals surface area contributed by atoms with E-state index in [1.807, 2.05) is 30.0 Å². The van der Waals surface area contributed by atoms with Gasteiger partial charge in [-0.25, -0.2) is 4.98 Å². The van der Waals surface area contributed by atoms with Crippen LogP contribution in [0.2, 0.25) is 0 Å². The third-order valence-corrected chi connectivity index (χ3v) is 3.55. The van der Waals surface area contributed by atoms with E-state index in [-0.39, 0.29) is 6.04 Å². The van der Waals surface area contributed by atoms with E-state index in [1.54, 1.807) is 11.3 Å². The third kappa shape index (κ3) is 2.07. The standard InChI is InChI=1S/C14H13N3S/c1-10(14-8-18-9-16-14)17-13-4-2-3-11-7-15-6-5-12(11)13/h2-10,17H,1H3. The van der Waals surface area contributed by atoms with Crippen molar-refractivity contribution in [2.75, 3.05) is 5.32 Å². The van der Waals surface area contributed by atoms with Gasteiger partial charge in [0.15, 0.2) is 0 Å². The maximum atomic E-state index is 4.34. The maximum Gasteiger partial charge on any atom is 0.0795 e. The summed E-state index contributed by atoms with van der Waals surface area (Å²) >= 11 is 1.62. The number of pyridine rings is 1. The van der Waals surface area contributed by atoms with E-state index in [4.69, 9.17) is 0 Å². The van der Waals surface area contributed by atoms with Crippen LogP contribution in [-0.2, 0) is 0 Å². The number of hydrogen-bond acceptors (Lipinski definition) is 4. The van der Waals surface area contributed by atoms with Gasteiger partial charge in [0.2, 0.25) is 0 Å². The van der Waals surface area contributed by atoms with Crippen molar-refractivity contribution in [3.8, 4) is 0 Å². The molecular formula is C14H13N3S. The Hall–Kier alpha value is -1.94. The first-order valence-electron chi connectivity index (χ1n) is 5.82. The second kappa shape index (κ2) is 4.74. The predicted molar refractivity (Wildman–Crippen MR) is 75.9 cm³/mol. The lowest BCUT2D eigenvalue weighted by Gasteiger charge is -2.15. The quantitative estimate of drug-likeness (QED) is 0.772. The van der Waals surface area contributed by atoms with Crippen LogP contribution in [0.3, 0.4) is 0 Å². The molecule has 0 aliphatic rings. The Kier molecular flexibility index (Phi) is 2.94. The summed E-state index contributed by atoms with van der Waals surface area (Å²) < 4.78 is 0. The molecule has 1 atom stereocenters. The summed E-state index contributed by atoms with van der Waals surface area (Å²) in [5, 5.41) is 7.91. The molecule has 0 saturated carbocycles. The molecule has 18 heavy (non-hydrogen) atoms. The molecule has 0 bridgehead atoms. The second-order valence-electron chi connectivity index (χ2n) is 4.18. The van der Waals surface area contributed by atoms with Crippen molar-refractivity contribution in [2.45, 2.75) is 13.0 Å². The molecule has 3 rings (SSSR count). The van der Waals surface area contributed by atoms with Crippen LogP contribution in [0.15, 0.2) is 47.5 Å². The summed E-state index contributed by atoms with van der Waals surface area (Å²) in [4.78, 5) is 8.48. The van der Waals surface area contributed by atoms with E-state index in [1.165, 1.54) is 5.39 Å². The van der Waals surface area contributed by atoms with Gasteiger partial charge in [-0.05, 0) is 19.1 Å². The molecule has 2 aromatic heterocycles. The monoisotopic (exact) mass is 255 g/mol. The summed E-state index contributed by atoms with van der Waals surface area (Å²) in [5.74, 6) is 0. The van der Waals surface area contributed by atoms with Crippen LogP contribution in [-0.4, -0.2) is 9.97 Å². The Morgan fingerprint density at radius 1 is 1.28 bits per heavy atom. The average molecular weight is 255 g/mol. The number of rotatable bonds is 3. The number of benzene rings is 1. The van der Waals surface area contributed by atoms with E-state index < -0.39 is 0 Å². The predicted octanol–water partition coefficient (Wildman–Crippen LogP) is 3.86. The van der Waals surface area contributed by atoms with Crippen molar-refractivity contribution in [1.82, 2.24) is 9.97 Å². The highest BCUT2D eigenvalue weighted by atomic mass is 32.1. The molecule has 90 valence electrons. The summed E-state index contributed by atoms with van der Waals surface area (Å²) in [5.41, 5.74) is 4.06. The molecule has 0 radical (unpaired) electrons. The van der Waals surface area contributed by atoms with Gasteiger partial charge in [0, 0.05) is 34.2 Å². The largest absolute Gasteiger partial charge is 0.376 e. The van der Waals surface area contributed by atoms with Crippen molar-refractivity contribution >= 4 is 27.8 Å². The van der Waals surface area contributed by atoms with Gasteiger partial charge in [-0.15, -0.1) is 11.3 Å². The fraction of sp³-hybridized carbons (Fsp3) is 0.143. The first-order chi connectivity index (χ1) is 8.84. The highest BCUT2D eigenvalue weighted by molar-refractivity contribution is 7.07. The Balaban J connectivity index is 1.95. The fourth-order valence-electron chi connectivity index (χ4n) is 1.99. The zero-order chi connectivity index (χ0) is 12.4. The lowest BCUT2D eigenvalue weighted by atomic mass is 10.1. The zero-order valence-corrected chi connectivity index (χ0v) is 10.8. The Bertz CT molecular complexity index is 644. The molecule has 0 fully saturated rings. The van der Waals surface area contributed by atoms with Crippen LogP contribution in [0.5, 0.6) is 0 Å². The van der Waals surface area contributed by atoms with Crippen LogP contribution >= 0.6 is 11.3 Å². The highest BCUT2D eigenvalue weighted by Gasteiger charge is 2.08. The summed E-state index contributed by atoms with van der Waals surface area (Å²) in [6, 6.07) is 8.44. The van der Waals surface area contributed by atoms with Gasteiger partial charge in [0.25, 0.3) is 0 Å². The number of thiazole rings is 1. The van der Waals surface area contributed by atoms with Gasteiger partial charge in [0.1, 0.15) is 0 Å². The molecule has 1 aromatic carbocycles. The lowest BCUT2D eigenvalue weighted by Crippen LogP contribution is -2.07. The molecule has 0 aliphatic heterocycles. The average Bonchev–Trinajstić information content (AvgIpc) is 2.93. The van der Waals surface area contributed by atoms with E-state index in [2.05, 4.69) is 39.7 Å². The lowest BCUT2D eigenvalue weighted by molar-refractivity contribution is 0.852. The summed E-state index contributed by atoms with van der Waals surface area (Å²) in [6.07, 6.45) is 3.70. The molecule has 4 heteroatoms. The number of nitrogens with zero attached hydrogens (tertiary/aromatic N) is 2. The van der Waals surface area contributed by atoms with Crippen LogP contribution < -0.4 is 5.32 Å². The maximum absolute atomic E-state index is 4.34.